The van der Waals surface area contributed by atoms with Crippen LogP contribution in [0.15, 0.2) is 60.9 Å². The number of nitrogens with one attached hydrogen (secondary N) is 3. The lowest BCUT2D eigenvalue weighted by Gasteiger charge is -2.23. The molecular weight excluding hydrogens is 615 g/mol. The first-order valence-corrected chi connectivity index (χ1v) is 15.2. The van der Waals surface area contributed by atoms with Crippen LogP contribution in [-0.4, -0.2) is 53.0 Å². The van der Waals surface area contributed by atoms with Crippen LogP contribution in [0.2, 0.25) is 5.02 Å². The highest BCUT2D eigenvalue weighted by Gasteiger charge is 2.24. The maximum atomic E-state index is 14.7. The van der Waals surface area contributed by atoms with Gasteiger partial charge in [-0.05, 0) is 67.8 Å². The van der Waals surface area contributed by atoms with Gasteiger partial charge in [0.1, 0.15) is 12.3 Å². The first kappa shape index (κ1) is 32.6. The molecule has 46 heavy (non-hydrogen) atoms. The highest BCUT2D eigenvalue weighted by Crippen LogP contribution is 2.33. The maximum Gasteiger partial charge on any atom is 0.411 e. The van der Waals surface area contributed by atoms with Crippen LogP contribution < -0.4 is 16.0 Å². The second kappa shape index (κ2) is 14.5. The number of anilines is 2. The van der Waals surface area contributed by atoms with Gasteiger partial charge in [-0.15, -0.1) is 0 Å². The van der Waals surface area contributed by atoms with E-state index in [1.807, 2.05) is 19.1 Å². The molecule has 0 unspecified atom stereocenters. The lowest BCUT2D eigenvalue weighted by Crippen LogP contribution is -2.29. The predicted molar refractivity (Wildman–Crippen MR) is 172 cm³/mol. The molecule has 3 amide bonds. The Morgan fingerprint density at radius 3 is 2.78 bits per heavy atom. The van der Waals surface area contributed by atoms with E-state index < -0.39 is 18.0 Å². The number of methoxy groups -OCH3 is 1. The largest absolute Gasteiger partial charge is 0.447 e. The quantitative estimate of drug-likeness (QED) is 0.196. The molecule has 2 atom stereocenters. The molecule has 11 nitrogen and oxygen atoms in total. The van der Waals surface area contributed by atoms with Crippen LogP contribution >= 0.6 is 11.6 Å². The number of fused-ring (bicyclic) bond motifs is 4. The predicted octanol–water partition coefficient (Wildman–Crippen LogP) is 6.46. The summed E-state index contributed by atoms with van der Waals surface area (Å²) in [5, 5.41) is 13.0. The number of hydrogen-bond acceptors (Lipinski definition) is 7. The minimum absolute atomic E-state index is 0.0439. The number of aromatic nitrogens is 3. The Balaban J connectivity index is 1.44. The molecule has 0 saturated carbocycles. The molecule has 1 aliphatic heterocycles. The lowest BCUT2D eigenvalue weighted by atomic mass is 9.94. The maximum absolute atomic E-state index is 14.7. The number of hydrogen-bond donors (Lipinski definition) is 3. The molecule has 13 heteroatoms. The van der Waals surface area contributed by atoms with Crippen molar-refractivity contribution in [3.63, 3.8) is 0 Å². The molecular formula is C33H34ClFN6O5. The summed E-state index contributed by atoms with van der Waals surface area (Å²) in [6, 6.07) is 13.0. The summed E-state index contributed by atoms with van der Waals surface area (Å²) in [6.45, 7) is 3.89. The van der Waals surface area contributed by atoms with E-state index in [9.17, 15) is 18.8 Å². The summed E-state index contributed by atoms with van der Waals surface area (Å²) in [7, 11) is 1.51. The van der Waals surface area contributed by atoms with Crippen LogP contribution in [0, 0.1) is 18.7 Å². The number of halogens is 2. The zero-order chi connectivity index (χ0) is 32.8. The summed E-state index contributed by atoms with van der Waals surface area (Å²) < 4.78 is 26.1. The zero-order valence-corrected chi connectivity index (χ0v) is 26.4. The van der Waals surface area contributed by atoms with Gasteiger partial charge in [-0.25, -0.2) is 13.9 Å². The van der Waals surface area contributed by atoms with Crippen molar-refractivity contribution in [3.8, 4) is 16.9 Å². The molecule has 0 fully saturated rings. The molecule has 240 valence electrons. The smallest absolute Gasteiger partial charge is 0.411 e. The van der Waals surface area contributed by atoms with Crippen LogP contribution in [0.5, 0.6) is 0 Å². The van der Waals surface area contributed by atoms with E-state index in [0.29, 0.717) is 53.2 Å². The third-order valence-electron chi connectivity index (χ3n) is 7.80. The Hall–Kier alpha value is -4.81. The van der Waals surface area contributed by atoms with Gasteiger partial charge in [-0.3, -0.25) is 19.9 Å². The molecule has 0 radical (unpaired) electrons. The van der Waals surface area contributed by atoms with Crippen molar-refractivity contribution in [1.29, 1.82) is 0 Å². The third kappa shape index (κ3) is 7.35. The van der Waals surface area contributed by atoms with E-state index in [-0.39, 0.29) is 41.7 Å². The fourth-order valence-electron chi connectivity index (χ4n) is 5.24. The molecule has 2 aromatic carbocycles. The first-order chi connectivity index (χ1) is 22.2. The number of carbonyl (C=O) groups excluding carboxylic acids is 3. The van der Waals surface area contributed by atoms with Gasteiger partial charge in [0.25, 0.3) is 5.91 Å². The SMILES string of the molecule is COCCOC(=O)Nc1ccc2c(c1)NC(=O)[C@H](C)CCC[C@H](NC(=O)c1cnn(-c3cccc(Cl)c3F)c1C)c1ccnc-2c1. The van der Waals surface area contributed by atoms with E-state index >= 15 is 0 Å². The van der Waals surface area contributed by atoms with Gasteiger partial charge in [-0.1, -0.05) is 31.0 Å². The minimum atomic E-state index is -0.651. The second-order valence-corrected chi connectivity index (χ2v) is 11.4. The van der Waals surface area contributed by atoms with Crippen LogP contribution in [0.3, 0.4) is 0 Å². The van der Waals surface area contributed by atoms with Crippen LogP contribution in [0.1, 0.15) is 53.8 Å². The van der Waals surface area contributed by atoms with Gasteiger partial charge in [0.05, 0.1) is 46.5 Å². The summed E-state index contributed by atoms with van der Waals surface area (Å²) >= 11 is 5.97. The molecule has 0 saturated heterocycles. The summed E-state index contributed by atoms with van der Waals surface area (Å²) in [5.41, 5.74) is 3.79. The number of rotatable bonds is 7. The fraction of sp³-hybridized carbons (Fsp3) is 0.303. The lowest BCUT2D eigenvalue weighted by molar-refractivity contribution is -0.119. The van der Waals surface area contributed by atoms with Gasteiger partial charge >= 0.3 is 6.09 Å². The minimum Gasteiger partial charge on any atom is -0.447 e. The molecule has 0 aliphatic carbocycles. The van der Waals surface area contributed by atoms with Gasteiger partial charge in [0, 0.05) is 30.5 Å². The highest BCUT2D eigenvalue weighted by molar-refractivity contribution is 6.30. The average molecular weight is 649 g/mol. The monoisotopic (exact) mass is 648 g/mol. The normalized spacial score (nSPS) is 16.3. The molecule has 5 rings (SSSR count). The molecule has 3 heterocycles. The zero-order valence-electron chi connectivity index (χ0n) is 25.6. The Bertz CT molecular complexity index is 1760. The first-order valence-electron chi connectivity index (χ1n) is 14.8. The van der Waals surface area contributed by atoms with Crippen LogP contribution in [0.4, 0.5) is 20.6 Å². The molecule has 1 aliphatic rings. The Labute approximate surface area is 270 Å². The van der Waals surface area contributed by atoms with E-state index in [4.69, 9.17) is 21.1 Å². The van der Waals surface area contributed by atoms with Gasteiger partial charge in [-0.2, -0.15) is 5.10 Å². The summed E-state index contributed by atoms with van der Waals surface area (Å²) in [6.07, 6.45) is 4.17. The second-order valence-electron chi connectivity index (χ2n) is 11.0. The van der Waals surface area contributed by atoms with E-state index in [1.165, 1.54) is 30.1 Å². The van der Waals surface area contributed by atoms with Crippen LogP contribution in [-0.2, 0) is 14.3 Å². The molecule has 0 spiro atoms. The third-order valence-corrected chi connectivity index (χ3v) is 8.10. The van der Waals surface area contributed by atoms with E-state index in [1.54, 1.807) is 37.4 Å². The summed E-state index contributed by atoms with van der Waals surface area (Å²) in [4.78, 5) is 43.6. The average Bonchev–Trinajstić information content (AvgIpc) is 3.42. The molecule has 2 aromatic heterocycles. The summed E-state index contributed by atoms with van der Waals surface area (Å²) in [5.74, 6) is -1.52. The van der Waals surface area contributed by atoms with Gasteiger partial charge in [0.2, 0.25) is 5.91 Å². The number of benzene rings is 2. The van der Waals surface area contributed by atoms with Gasteiger partial charge < -0.3 is 20.1 Å². The number of carbonyl (C=O) groups is 3. The standard InChI is InChI=1S/C33H34ClFN6O5/c1-19-6-4-8-26(39-32(43)24-18-37-41(20(24)2)29-9-5-7-25(34)30(29)35)21-12-13-36-27(16-21)23-11-10-22(17-28(23)40-31(19)42)38-33(44)46-15-14-45-3/h5,7,9-13,16-19,26H,4,6,8,14-15H2,1-3H3,(H,38,44)(H,39,43)(H,40,42)/t19-,26+/m1/s1. The van der Waals surface area contributed by atoms with Crippen molar-refractivity contribution < 1.29 is 28.2 Å². The van der Waals surface area contributed by atoms with E-state index in [2.05, 4.69) is 26.0 Å². The van der Waals surface area contributed by atoms with Crippen molar-refractivity contribution in [2.75, 3.05) is 31.0 Å². The topological polar surface area (TPSA) is 136 Å². The highest BCUT2D eigenvalue weighted by atomic mass is 35.5. The fourth-order valence-corrected chi connectivity index (χ4v) is 5.41. The number of pyridine rings is 1. The van der Waals surface area contributed by atoms with Crippen molar-refractivity contribution >= 4 is 40.9 Å². The number of ether oxygens (including phenoxy) is 2. The van der Waals surface area contributed by atoms with E-state index in [0.717, 1.165) is 5.56 Å². The Morgan fingerprint density at radius 2 is 1.98 bits per heavy atom. The Kier molecular flexibility index (Phi) is 10.3. The number of amides is 3. The van der Waals surface area contributed by atoms with Crippen molar-refractivity contribution in [2.45, 2.75) is 39.2 Å². The van der Waals surface area contributed by atoms with Gasteiger partial charge in [0.15, 0.2) is 5.82 Å². The van der Waals surface area contributed by atoms with Crippen molar-refractivity contribution in [2.24, 2.45) is 5.92 Å². The molecule has 4 aromatic rings. The molecule has 2 bridgehead atoms. The molecule has 3 N–H and O–H groups in total. The van der Waals surface area contributed by atoms with Crippen molar-refractivity contribution in [1.82, 2.24) is 20.1 Å². The Morgan fingerprint density at radius 1 is 1.15 bits per heavy atom. The van der Waals surface area contributed by atoms with Crippen molar-refractivity contribution in [3.05, 3.63) is 88.6 Å². The van der Waals surface area contributed by atoms with Crippen LogP contribution in [0.25, 0.3) is 16.9 Å². The number of nitrogens with zero attached hydrogens (tertiary/aromatic N) is 3.